The van der Waals surface area contributed by atoms with Gasteiger partial charge in [0.05, 0.1) is 12.7 Å². The van der Waals surface area contributed by atoms with Crippen LogP contribution in [0.1, 0.15) is 15.9 Å². The molecule has 0 fully saturated rings. The third-order valence-electron chi connectivity index (χ3n) is 4.78. The van der Waals surface area contributed by atoms with Crippen molar-refractivity contribution in [1.29, 1.82) is 0 Å². The molecular weight excluding hydrogens is 407 g/mol. The van der Waals surface area contributed by atoms with Gasteiger partial charge in [-0.1, -0.05) is 47.1 Å². The molecule has 0 saturated heterocycles. The number of carbonyl (C=O) groups is 1. The first-order chi connectivity index (χ1) is 14.5. The Hall–Kier alpha value is -3.51. The van der Waals surface area contributed by atoms with Gasteiger partial charge in [-0.05, 0) is 48.4 Å². The first-order valence-corrected chi connectivity index (χ1v) is 9.44. The molecule has 0 bridgehead atoms. The standard InChI is InChI=1S/C23H16ClFN2O3/c1-13-16(11-12-18(20(13)25)23(28)29-2)21-26-22(30-27-21)15-9-7-14(8-10-15)17-5-3-4-6-19(17)24/h3-12H,1-2H3. The number of hydrogen-bond donors (Lipinski definition) is 0. The molecule has 0 unspecified atom stereocenters. The van der Waals surface area contributed by atoms with Crippen LogP contribution in [0.2, 0.25) is 5.02 Å². The largest absolute Gasteiger partial charge is 0.465 e. The minimum atomic E-state index is -0.741. The number of rotatable bonds is 4. The van der Waals surface area contributed by atoms with E-state index in [0.717, 1.165) is 11.1 Å². The van der Waals surface area contributed by atoms with Gasteiger partial charge in [0.15, 0.2) is 0 Å². The summed E-state index contributed by atoms with van der Waals surface area (Å²) in [6.45, 7) is 1.55. The van der Waals surface area contributed by atoms with Crippen molar-refractivity contribution in [2.75, 3.05) is 7.11 Å². The number of carbonyl (C=O) groups excluding carboxylic acids is 1. The smallest absolute Gasteiger partial charge is 0.340 e. The fraction of sp³-hybridized carbons (Fsp3) is 0.0870. The molecule has 5 nitrogen and oxygen atoms in total. The van der Waals surface area contributed by atoms with E-state index in [-0.39, 0.29) is 17.0 Å². The molecule has 0 aliphatic rings. The van der Waals surface area contributed by atoms with E-state index < -0.39 is 11.8 Å². The van der Waals surface area contributed by atoms with Crippen LogP contribution in [0.5, 0.6) is 0 Å². The maximum Gasteiger partial charge on any atom is 0.340 e. The molecule has 4 rings (SSSR count). The van der Waals surface area contributed by atoms with Gasteiger partial charge >= 0.3 is 5.97 Å². The predicted octanol–water partition coefficient (Wildman–Crippen LogP) is 5.96. The highest BCUT2D eigenvalue weighted by Crippen LogP contribution is 2.31. The topological polar surface area (TPSA) is 65.2 Å². The Morgan fingerprint density at radius 2 is 1.70 bits per heavy atom. The maximum atomic E-state index is 14.6. The average Bonchev–Trinajstić information content (AvgIpc) is 3.25. The second-order valence-corrected chi connectivity index (χ2v) is 6.98. The summed E-state index contributed by atoms with van der Waals surface area (Å²) >= 11 is 6.25. The summed E-state index contributed by atoms with van der Waals surface area (Å²) in [4.78, 5) is 16.0. The Kier molecular flexibility index (Phi) is 5.33. The second kappa shape index (κ2) is 8.08. The zero-order chi connectivity index (χ0) is 21.3. The molecule has 30 heavy (non-hydrogen) atoms. The molecule has 0 saturated carbocycles. The van der Waals surface area contributed by atoms with Gasteiger partial charge in [0, 0.05) is 21.7 Å². The van der Waals surface area contributed by atoms with Gasteiger partial charge in [0.2, 0.25) is 5.82 Å². The highest BCUT2D eigenvalue weighted by atomic mass is 35.5. The summed E-state index contributed by atoms with van der Waals surface area (Å²) in [6.07, 6.45) is 0. The van der Waals surface area contributed by atoms with Crippen molar-refractivity contribution in [3.8, 4) is 34.0 Å². The van der Waals surface area contributed by atoms with Crippen molar-refractivity contribution in [2.45, 2.75) is 6.92 Å². The van der Waals surface area contributed by atoms with Crippen LogP contribution in [0.3, 0.4) is 0 Å². The van der Waals surface area contributed by atoms with Gasteiger partial charge in [-0.25, -0.2) is 9.18 Å². The molecule has 4 aromatic rings. The zero-order valence-electron chi connectivity index (χ0n) is 16.1. The fourth-order valence-corrected chi connectivity index (χ4v) is 3.38. The maximum absolute atomic E-state index is 14.6. The van der Waals surface area contributed by atoms with Crippen LogP contribution in [0.25, 0.3) is 34.0 Å². The van der Waals surface area contributed by atoms with E-state index in [9.17, 15) is 9.18 Å². The summed E-state index contributed by atoms with van der Waals surface area (Å²) in [5.41, 5.74) is 3.13. The Bertz CT molecular complexity index is 1240. The first kappa shape index (κ1) is 19.8. The van der Waals surface area contributed by atoms with Gasteiger partial charge in [-0.15, -0.1) is 0 Å². The van der Waals surface area contributed by atoms with Crippen molar-refractivity contribution in [2.24, 2.45) is 0 Å². The van der Waals surface area contributed by atoms with Gasteiger partial charge in [-0.2, -0.15) is 4.98 Å². The lowest BCUT2D eigenvalue weighted by Crippen LogP contribution is -2.06. The van der Waals surface area contributed by atoms with Crippen LogP contribution >= 0.6 is 11.6 Å². The molecule has 0 spiro atoms. The van der Waals surface area contributed by atoms with Gasteiger partial charge < -0.3 is 9.26 Å². The van der Waals surface area contributed by atoms with E-state index in [1.54, 1.807) is 13.0 Å². The normalized spacial score (nSPS) is 10.8. The fourth-order valence-electron chi connectivity index (χ4n) is 3.13. The number of aromatic nitrogens is 2. The molecule has 0 atom stereocenters. The van der Waals surface area contributed by atoms with Crippen LogP contribution in [-0.4, -0.2) is 23.2 Å². The number of halogens is 2. The number of benzene rings is 3. The Morgan fingerprint density at radius 1 is 1.00 bits per heavy atom. The highest BCUT2D eigenvalue weighted by molar-refractivity contribution is 6.33. The Labute approximate surface area is 177 Å². The van der Waals surface area contributed by atoms with Gasteiger partial charge in [0.1, 0.15) is 5.82 Å². The molecule has 0 radical (unpaired) electrons. The molecule has 1 aromatic heterocycles. The van der Waals surface area contributed by atoms with E-state index in [2.05, 4.69) is 14.9 Å². The molecule has 150 valence electrons. The minimum Gasteiger partial charge on any atom is -0.465 e. The number of esters is 1. The first-order valence-electron chi connectivity index (χ1n) is 9.06. The Balaban J connectivity index is 1.64. The number of nitrogens with zero attached hydrogens (tertiary/aromatic N) is 2. The summed E-state index contributed by atoms with van der Waals surface area (Å²) in [6, 6.07) is 18.0. The summed E-state index contributed by atoms with van der Waals surface area (Å²) < 4.78 is 24.5. The van der Waals surface area contributed by atoms with Gasteiger partial charge in [-0.3, -0.25) is 0 Å². The van der Waals surface area contributed by atoms with Crippen molar-refractivity contribution >= 4 is 17.6 Å². The number of methoxy groups -OCH3 is 1. The monoisotopic (exact) mass is 422 g/mol. The van der Waals surface area contributed by atoms with E-state index in [1.807, 2.05) is 48.5 Å². The van der Waals surface area contributed by atoms with E-state index in [0.29, 0.717) is 22.0 Å². The van der Waals surface area contributed by atoms with Crippen molar-refractivity contribution in [3.63, 3.8) is 0 Å². The molecule has 7 heteroatoms. The molecule has 1 heterocycles. The molecule has 0 N–H and O–H groups in total. The molecular formula is C23H16ClFN2O3. The molecule has 0 aliphatic carbocycles. The second-order valence-electron chi connectivity index (χ2n) is 6.57. The van der Waals surface area contributed by atoms with Crippen molar-refractivity contribution < 1.29 is 18.4 Å². The van der Waals surface area contributed by atoms with Crippen LogP contribution in [-0.2, 0) is 4.74 Å². The van der Waals surface area contributed by atoms with Crippen LogP contribution in [0.15, 0.2) is 65.2 Å². The van der Waals surface area contributed by atoms with Crippen molar-refractivity contribution in [1.82, 2.24) is 10.1 Å². The average molecular weight is 423 g/mol. The molecule has 0 amide bonds. The van der Waals surface area contributed by atoms with Crippen molar-refractivity contribution in [3.05, 3.63) is 82.6 Å². The number of ether oxygens (including phenoxy) is 1. The number of hydrogen-bond acceptors (Lipinski definition) is 5. The predicted molar refractivity (Wildman–Crippen MR) is 112 cm³/mol. The lowest BCUT2D eigenvalue weighted by atomic mass is 10.0. The van der Waals surface area contributed by atoms with E-state index in [4.69, 9.17) is 16.1 Å². The van der Waals surface area contributed by atoms with E-state index in [1.165, 1.54) is 13.2 Å². The van der Waals surface area contributed by atoms with Crippen LogP contribution in [0, 0.1) is 12.7 Å². The SMILES string of the molecule is COC(=O)c1ccc(-c2noc(-c3ccc(-c4ccccc4Cl)cc3)n2)c(C)c1F. The third kappa shape index (κ3) is 3.57. The van der Waals surface area contributed by atoms with Crippen LogP contribution in [0.4, 0.5) is 4.39 Å². The molecule has 0 aliphatic heterocycles. The lowest BCUT2D eigenvalue weighted by Gasteiger charge is -2.07. The summed E-state index contributed by atoms with van der Waals surface area (Å²) in [5, 5.41) is 4.63. The van der Waals surface area contributed by atoms with Gasteiger partial charge in [0.25, 0.3) is 5.89 Å². The van der Waals surface area contributed by atoms with Crippen LogP contribution < -0.4 is 0 Å². The van der Waals surface area contributed by atoms with E-state index >= 15 is 0 Å². The molecule has 3 aromatic carbocycles. The summed E-state index contributed by atoms with van der Waals surface area (Å²) in [5.74, 6) is -0.884. The third-order valence-corrected chi connectivity index (χ3v) is 5.10. The minimum absolute atomic E-state index is 0.141. The Morgan fingerprint density at radius 3 is 2.40 bits per heavy atom. The highest BCUT2D eigenvalue weighted by Gasteiger charge is 2.20. The quantitative estimate of drug-likeness (QED) is 0.380. The lowest BCUT2D eigenvalue weighted by molar-refractivity contribution is 0.0595. The summed E-state index contributed by atoms with van der Waals surface area (Å²) in [7, 11) is 1.20. The zero-order valence-corrected chi connectivity index (χ0v) is 16.9.